The van der Waals surface area contributed by atoms with Gasteiger partial charge in [0.25, 0.3) is 5.91 Å². The number of nitrogen functional groups attached to an aromatic ring is 1. The van der Waals surface area contributed by atoms with Crippen LogP contribution in [0.15, 0.2) is 30.5 Å². The number of nitrogens with zero attached hydrogens (tertiary/aromatic N) is 1. The SMILES string of the molecule is Cc1ccc(NC(=O)c2cc(N)cn2C2CC2)c(C)c1. The lowest BCUT2D eigenvalue weighted by molar-refractivity contribution is 0.101. The smallest absolute Gasteiger partial charge is 0.272 e. The van der Waals surface area contributed by atoms with Crippen LogP contribution in [0.25, 0.3) is 0 Å². The average molecular weight is 269 g/mol. The lowest BCUT2D eigenvalue weighted by Gasteiger charge is -2.11. The topological polar surface area (TPSA) is 60.1 Å². The van der Waals surface area contributed by atoms with Crippen molar-refractivity contribution in [2.24, 2.45) is 0 Å². The zero-order valence-electron chi connectivity index (χ0n) is 11.8. The van der Waals surface area contributed by atoms with Crippen LogP contribution in [-0.2, 0) is 0 Å². The van der Waals surface area contributed by atoms with Crippen LogP contribution in [0.5, 0.6) is 0 Å². The molecule has 104 valence electrons. The molecule has 0 atom stereocenters. The van der Waals surface area contributed by atoms with Crippen molar-refractivity contribution in [3.05, 3.63) is 47.3 Å². The normalized spacial score (nSPS) is 14.3. The fourth-order valence-electron chi connectivity index (χ4n) is 2.48. The van der Waals surface area contributed by atoms with E-state index in [1.165, 1.54) is 5.56 Å². The Labute approximate surface area is 118 Å². The van der Waals surface area contributed by atoms with E-state index in [2.05, 4.69) is 11.4 Å². The fourth-order valence-corrected chi connectivity index (χ4v) is 2.48. The van der Waals surface area contributed by atoms with E-state index in [1.807, 2.05) is 36.7 Å². The number of benzene rings is 1. The number of nitrogens with two attached hydrogens (primary N) is 1. The van der Waals surface area contributed by atoms with E-state index in [0.717, 1.165) is 24.1 Å². The van der Waals surface area contributed by atoms with Gasteiger partial charge in [-0.25, -0.2) is 0 Å². The van der Waals surface area contributed by atoms with Crippen LogP contribution in [0.4, 0.5) is 11.4 Å². The molecule has 1 aromatic heterocycles. The summed E-state index contributed by atoms with van der Waals surface area (Å²) in [5.41, 5.74) is 10.2. The number of hydrogen-bond donors (Lipinski definition) is 2. The van der Waals surface area contributed by atoms with Crippen molar-refractivity contribution in [2.45, 2.75) is 32.7 Å². The van der Waals surface area contributed by atoms with E-state index in [4.69, 9.17) is 5.73 Å². The number of carbonyl (C=O) groups is 1. The molecule has 1 aliphatic rings. The molecule has 0 unspecified atom stereocenters. The molecule has 2 aromatic rings. The van der Waals surface area contributed by atoms with Crippen LogP contribution in [0.1, 0.15) is 40.5 Å². The number of aryl methyl sites for hydroxylation is 2. The molecular formula is C16H19N3O. The monoisotopic (exact) mass is 269 g/mol. The lowest BCUT2D eigenvalue weighted by Crippen LogP contribution is -2.17. The molecule has 1 amide bonds. The van der Waals surface area contributed by atoms with Crippen LogP contribution >= 0.6 is 0 Å². The third kappa shape index (κ3) is 2.41. The number of carbonyl (C=O) groups excluding carboxylic acids is 1. The third-order valence-corrected chi connectivity index (χ3v) is 3.67. The lowest BCUT2D eigenvalue weighted by atomic mass is 10.1. The summed E-state index contributed by atoms with van der Waals surface area (Å²) in [6, 6.07) is 8.18. The van der Waals surface area contributed by atoms with Gasteiger partial charge in [0.15, 0.2) is 0 Å². The molecule has 0 bridgehead atoms. The maximum atomic E-state index is 12.4. The number of hydrogen-bond acceptors (Lipinski definition) is 2. The molecule has 0 saturated heterocycles. The fraction of sp³-hybridized carbons (Fsp3) is 0.312. The summed E-state index contributed by atoms with van der Waals surface area (Å²) in [4.78, 5) is 12.4. The molecule has 3 N–H and O–H groups in total. The van der Waals surface area contributed by atoms with Gasteiger partial charge in [-0.1, -0.05) is 17.7 Å². The van der Waals surface area contributed by atoms with Crippen LogP contribution in [-0.4, -0.2) is 10.5 Å². The largest absolute Gasteiger partial charge is 0.397 e. The Morgan fingerprint density at radius 2 is 2.05 bits per heavy atom. The Hall–Kier alpha value is -2.23. The molecular weight excluding hydrogens is 250 g/mol. The average Bonchev–Trinajstić information content (AvgIpc) is 3.16. The predicted octanol–water partition coefficient (Wildman–Crippen LogP) is 3.27. The maximum Gasteiger partial charge on any atom is 0.272 e. The summed E-state index contributed by atoms with van der Waals surface area (Å²) in [7, 11) is 0. The minimum atomic E-state index is -0.0967. The van der Waals surface area contributed by atoms with E-state index in [9.17, 15) is 4.79 Å². The van der Waals surface area contributed by atoms with Gasteiger partial charge in [-0.05, 0) is 44.4 Å². The van der Waals surface area contributed by atoms with Gasteiger partial charge < -0.3 is 15.6 Å². The molecule has 0 aliphatic heterocycles. The summed E-state index contributed by atoms with van der Waals surface area (Å²) < 4.78 is 1.99. The Kier molecular flexibility index (Phi) is 3.01. The summed E-state index contributed by atoms with van der Waals surface area (Å²) >= 11 is 0. The van der Waals surface area contributed by atoms with Crippen LogP contribution in [0.3, 0.4) is 0 Å². The number of rotatable bonds is 3. The molecule has 3 rings (SSSR count). The van der Waals surface area contributed by atoms with Gasteiger partial charge in [-0.2, -0.15) is 0 Å². The quantitative estimate of drug-likeness (QED) is 0.898. The molecule has 1 fully saturated rings. The predicted molar refractivity (Wildman–Crippen MR) is 81.0 cm³/mol. The molecule has 1 aliphatic carbocycles. The first kappa shape index (κ1) is 12.8. The molecule has 4 nitrogen and oxygen atoms in total. The maximum absolute atomic E-state index is 12.4. The molecule has 0 radical (unpaired) electrons. The number of anilines is 2. The van der Waals surface area contributed by atoms with Crippen molar-refractivity contribution in [3.63, 3.8) is 0 Å². The highest BCUT2D eigenvalue weighted by atomic mass is 16.2. The highest BCUT2D eigenvalue weighted by Crippen LogP contribution is 2.37. The Balaban J connectivity index is 1.86. The first-order valence-corrected chi connectivity index (χ1v) is 6.90. The standard InChI is InChI=1S/C16H19N3O/c1-10-3-6-14(11(2)7-10)18-16(20)15-8-12(17)9-19(15)13-4-5-13/h3,6-9,13H,4-5,17H2,1-2H3,(H,18,20). The van der Waals surface area contributed by atoms with Gasteiger partial charge in [0.1, 0.15) is 5.69 Å². The van der Waals surface area contributed by atoms with E-state index in [1.54, 1.807) is 6.07 Å². The van der Waals surface area contributed by atoms with Crippen molar-refractivity contribution >= 4 is 17.3 Å². The number of nitrogens with one attached hydrogen (secondary N) is 1. The summed E-state index contributed by atoms with van der Waals surface area (Å²) in [5, 5.41) is 2.97. The summed E-state index contributed by atoms with van der Waals surface area (Å²) in [5.74, 6) is -0.0967. The molecule has 1 heterocycles. The highest BCUT2D eigenvalue weighted by Gasteiger charge is 2.27. The molecule has 0 spiro atoms. The minimum absolute atomic E-state index is 0.0967. The van der Waals surface area contributed by atoms with E-state index in [0.29, 0.717) is 17.4 Å². The third-order valence-electron chi connectivity index (χ3n) is 3.67. The Morgan fingerprint density at radius 1 is 1.30 bits per heavy atom. The van der Waals surface area contributed by atoms with E-state index < -0.39 is 0 Å². The van der Waals surface area contributed by atoms with Crippen molar-refractivity contribution in [1.82, 2.24) is 4.57 Å². The van der Waals surface area contributed by atoms with Gasteiger partial charge in [-0.3, -0.25) is 4.79 Å². The summed E-state index contributed by atoms with van der Waals surface area (Å²) in [6.45, 7) is 4.04. The first-order valence-electron chi connectivity index (χ1n) is 6.90. The van der Waals surface area contributed by atoms with E-state index >= 15 is 0 Å². The summed E-state index contributed by atoms with van der Waals surface area (Å²) in [6.07, 6.45) is 4.10. The molecule has 1 saturated carbocycles. The van der Waals surface area contributed by atoms with Gasteiger partial charge >= 0.3 is 0 Å². The minimum Gasteiger partial charge on any atom is -0.397 e. The van der Waals surface area contributed by atoms with Gasteiger partial charge in [-0.15, -0.1) is 0 Å². The van der Waals surface area contributed by atoms with Crippen molar-refractivity contribution in [2.75, 3.05) is 11.1 Å². The zero-order valence-corrected chi connectivity index (χ0v) is 11.8. The van der Waals surface area contributed by atoms with E-state index in [-0.39, 0.29) is 5.91 Å². The van der Waals surface area contributed by atoms with Crippen LogP contribution in [0.2, 0.25) is 0 Å². The van der Waals surface area contributed by atoms with Crippen LogP contribution < -0.4 is 11.1 Å². The number of amides is 1. The van der Waals surface area contributed by atoms with Crippen molar-refractivity contribution in [1.29, 1.82) is 0 Å². The van der Waals surface area contributed by atoms with Crippen molar-refractivity contribution in [3.8, 4) is 0 Å². The van der Waals surface area contributed by atoms with Crippen LogP contribution in [0, 0.1) is 13.8 Å². The van der Waals surface area contributed by atoms with Gasteiger partial charge in [0.05, 0.1) is 5.69 Å². The second kappa shape index (κ2) is 4.71. The van der Waals surface area contributed by atoms with Gasteiger partial charge in [0.2, 0.25) is 0 Å². The number of aromatic nitrogens is 1. The molecule has 4 heteroatoms. The zero-order chi connectivity index (χ0) is 14.3. The second-order valence-corrected chi connectivity index (χ2v) is 5.57. The molecule has 1 aromatic carbocycles. The Morgan fingerprint density at radius 3 is 2.70 bits per heavy atom. The molecule has 20 heavy (non-hydrogen) atoms. The Bertz CT molecular complexity index is 668. The second-order valence-electron chi connectivity index (χ2n) is 5.57. The van der Waals surface area contributed by atoms with Crippen molar-refractivity contribution < 1.29 is 4.79 Å². The highest BCUT2D eigenvalue weighted by molar-refractivity contribution is 6.04. The first-order chi connectivity index (χ1) is 9.54. The van der Waals surface area contributed by atoms with Gasteiger partial charge in [0, 0.05) is 17.9 Å².